The zero-order chi connectivity index (χ0) is 25.1. The van der Waals surface area contributed by atoms with E-state index in [4.69, 9.17) is 4.98 Å². The van der Waals surface area contributed by atoms with Gasteiger partial charge < -0.3 is 9.88 Å². The first-order valence-electron chi connectivity index (χ1n) is 13.1. The Bertz CT molecular complexity index is 1450. The summed E-state index contributed by atoms with van der Waals surface area (Å²) in [5, 5.41) is 4.41. The summed E-state index contributed by atoms with van der Waals surface area (Å²) in [4.78, 5) is 30.0. The second-order valence-electron chi connectivity index (χ2n) is 11.0. The van der Waals surface area contributed by atoms with E-state index in [-0.39, 0.29) is 5.78 Å². The van der Waals surface area contributed by atoms with Crippen molar-refractivity contribution in [1.29, 1.82) is 0 Å². The molecule has 0 amide bonds. The zero-order valence-electron chi connectivity index (χ0n) is 21.9. The number of fused-ring (bicyclic) bond motifs is 4. The number of carbonyl (C=O) groups excluding carboxylic acids is 1. The number of likely N-dealkylation sites (tertiary alicyclic amines) is 1. The third-order valence-electron chi connectivity index (χ3n) is 8.24. The number of anilines is 1. The maximum absolute atomic E-state index is 11.5. The standard InChI is InChI=1S/C28H35N7O/c1-16(2)25-26(22-14-34-28(29-15-30-34)19(5)18(22)4)31-23-8-9-24(32-27(23)25)35-20-6-7-21(35)13-33(12-20)11-10-17(3)36/h8-9,14-16,20-21,31H,6-7,10-13H2,1-5H3/t20-,21?/m1/s1. The van der Waals surface area contributed by atoms with Crippen LogP contribution in [-0.2, 0) is 4.79 Å². The molecule has 2 saturated heterocycles. The van der Waals surface area contributed by atoms with E-state index in [0.717, 1.165) is 59.0 Å². The average molecular weight is 486 g/mol. The summed E-state index contributed by atoms with van der Waals surface area (Å²) >= 11 is 0. The van der Waals surface area contributed by atoms with Crippen LogP contribution < -0.4 is 4.90 Å². The van der Waals surface area contributed by atoms with Gasteiger partial charge in [-0.1, -0.05) is 13.8 Å². The first kappa shape index (κ1) is 23.2. The smallest absolute Gasteiger partial charge is 0.158 e. The average Bonchev–Trinajstić information content (AvgIpc) is 3.53. The number of aryl methyl sites for hydroxylation is 1. The Morgan fingerprint density at radius 3 is 2.58 bits per heavy atom. The third-order valence-corrected chi connectivity index (χ3v) is 8.24. The zero-order valence-corrected chi connectivity index (χ0v) is 21.9. The van der Waals surface area contributed by atoms with Gasteiger partial charge in [-0.15, -0.1) is 0 Å². The van der Waals surface area contributed by atoms with Gasteiger partial charge in [0.25, 0.3) is 0 Å². The minimum atomic E-state index is 0.273. The number of aromatic amines is 1. The van der Waals surface area contributed by atoms with Crippen LogP contribution in [0, 0.1) is 13.8 Å². The summed E-state index contributed by atoms with van der Waals surface area (Å²) in [6.07, 6.45) is 6.72. The van der Waals surface area contributed by atoms with Crippen molar-refractivity contribution < 1.29 is 4.79 Å². The number of hydrogen-bond donors (Lipinski definition) is 1. The molecule has 8 nitrogen and oxygen atoms in total. The summed E-state index contributed by atoms with van der Waals surface area (Å²) in [6, 6.07) is 5.30. The molecule has 4 aromatic rings. The van der Waals surface area contributed by atoms with E-state index in [1.54, 1.807) is 13.3 Å². The second-order valence-corrected chi connectivity index (χ2v) is 11.0. The van der Waals surface area contributed by atoms with Crippen molar-refractivity contribution in [2.45, 2.75) is 71.9 Å². The van der Waals surface area contributed by atoms with Crippen molar-refractivity contribution in [2.24, 2.45) is 0 Å². The number of hydrogen-bond acceptors (Lipinski definition) is 6. The summed E-state index contributed by atoms with van der Waals surface area (Å²) in [6.45, 7) is 13.3. The van der Waals surface area contributed by atoms with E-state index < -0.39 is 0 Å². The molecule has 6 heterocycles. The highest BCUT2D eigenvalue weighted by Crippen LogP contribution is 2.40. The van der Waals surface area contributed by atoms with Crippen LogP contribution in [0.2, 0.25) is 0 Å². The predicted octanol–water partition coefficient (Wildman–Crippen LogP) is 4.64. The Hall–Kier alpha value is -3.26. The number of pyridine rings is 2. The van der Waals surface area contributed by atoms with Crippen LogP contribution in [0.3, 0.4) is 0 Å². The number of piperazine rings is 1. The van der Waals surface area contributed by atoms with Crippen molar-refractivity contribution in [2.75, 3.05) is 24.5 Å². The molecule has 0 spiro atoms. The van der Waals surface area contributed by atoms with Crippen LogP contribution in [0.15, 0.2) is 24.7 Å². The topological polar surface area (TPSA) is 82.4 Å². The lowest BCUT2D eigenvalue weighted by atomic mass is 9.95. The molecule has 2 bridgehead atoms. The van der Waals surface area contributed by atoms with Gasteiger partial charge in [-0.2, -0.15) is 5.10 Å². The van der Waals surface area contributed by atoms with Gasteiger partial charge in [-0.05, 0) is 62.8 Å². The molecule has 188 valence electrons. The Balaban J connectivity index is 1.40. The fourth-order valence-electron chi connectivity index (χ4n) is 6.31. The number of ketones is 1. The van der Waals surface area contributed by atoms with E-state index in [1.165, 1.54) is 24.0 Å². The molecular formula is C28H35N7O. The van der Waals surface area contributed by atoms with Crippen LogP contribution in [0.25, 0.3) is 27.9 Å². The quantitative estimate of drug-likeness (QED) is 0.428. The molecular weight excluding hydrogens is 450 g/mol. The number of aromatic nitrogens is 5. The predicted molar refractivity (Wildman–Crippen MR) is 143 cm³/mol. The van der Waals surface area contributed by atoms with E-state index in [0.29, 0.717) is 24.4 Å². The lowest BCUT2D eigenvalue weighted by Gasteiger charge is -2.41. The van der Waals surface area contributed by atoms with Crippen LogP contribution in [0.4, 0.5) is 5.82 Å². The van der Waals surface area contributed by atoms with Crippen LogP contribution in [0.5, 0.6) is 0 Å². The van der Waals surface area contributed by atoms with Crippen LogP contribution >= 0.6 is 0 Å². The normalized spacial score (nSPS) is 20.3. The van der Waals surface area contributed by atoms with Gasteiger partial charge in [-0.3, -0.25) is 9.69 Å². The molecule has 1 N–H and O–H groups in total. The Kier molecular flexibility index (Phi) is 5.59. The summed E-state index contributed by atoms with van der Waals surface area (Å²) in [7, 11) is 0. The molecule has 0 radical (unpaired) electrons. The number of rotatable bonds is 6. The van der Waals surface area contributed by atoms with Gasteiger partial charge in [0.2, 0.25) is 0 Å². The largest absolute Gasteiger partial charge is 0.353 e. The first-order chi connectivity index (χ1) is 17.3. The number of nitrogens with one attached hydrogen (secondary N) is 1. The number of carbonyl (C=O) groups is 1. The molecule has 0 aromatic carbocycles. The molecule has 0 aliphatic carbocycles. The summed E-state index contributed by atoms with van der Waals surface area (Å²) in [5.41, 5.74) is 8.91. The van der Waals surface area contributed by atoms with E-state index in [2.05, 4.69) is 70.9 Å². The van der Waals surface area contributed by atoms with Gasteiger partial charge >= 0.3 is 0 Å². The van der Waals surface area contributed by atoms with Gasteiger partial charge in [-0.25, -0.2) is 14.5 Å². The van der Waals surface area contributed by atoms with Crippen LogP contribution in [0.1, 0.15) is 62.6 Å². The maximum atomic E-state index is 11.5. The molecule has 2 aliphatic rings. The third kappa shape index (κ3) is 3.70. The summed E-state index contributed by atoms with van der Waals surface area (Å²) in [5.74, 6) is 1.66. The Labute approximate surface area is 211 Å². The van der Waals surface area contributed by atoms with Crippen molar-refractivity contribution in [1.82, 2.24) is 29.5 Å². The molecule has 2 fully saturated rings. The molecule has 36 heavy (non-hydrogen) atoms. The van der Waals surface area contributed by atoms with E-state index in [9.17, 15) is 4.79 Å². The van der Waals surface area contributed by atoms with Gasteiger partial charge in [0, 0.05) is 55.5 Å². The molecule has 1 unspecified atom stereocenters. The minimum Gasteiger partial charge on any atom is -0.353 e. The van der Waals surface area contributed by atoms with E-state index >= 15 is 0 Å². The van der Waals surface area contributed by atoms with Crippen molar-refractivity contribution in [3.63, 3.8) is 0 Å². The van der Waals surface area contributed by atoms with E-state index in [1.807, 2.05) is 4.52 Å². The van der Waals surface area contributed by atoms with Crippen molar-refractivity contribution in [3.05, 3.63) is 41.3 Å². The highest BCUT2D eigenvalue weighted by Gasteiger charge is 2.40. The minimum absolute atomic E-state index is 0.273. The highest BCUT2D eigenvalue weighted by molar-refractivity contribution is 5.90. The molecule has 4 aromatic heterocycles. The number of H-pyrrole nitrogens is 1. The maximum Gasteiger partial charge on any atom is 0.158 e. The molecule has 0 saturated carbocycles. The monoisotopic (exact) mass is 485 g/mol. The molecule has 2 atom stereocenters. The molecule has 2 aliphatic heterocycles. The number of nitrogens with zero attached hydrogens (tertiary/aromatic N) is 6. The van der Waals surface area contributed by atoms with Crippen LogP contribution in [-0.4, -0.2) is 67.0 Å². The molecule has 6 rings (SSSR count). The Morgan fingerprint density at radius 2 is 1.89 bits per heavy atom. The SMILES string of the molecule is CC(=O)CCN1CC2CC[C@H](C1)N2c1ccc2[nH]c(-c3cn4ncnc4c(C)c3C)c(C(C)C)c2n1. The molecule has 8 heteroatoms. The fraction of sp³-hybridized carbons (Fsp3) is 0.500. The lowest BCUT2D eigenvalue weighted by Crippen LogP contribution is -2.54. The fourth-order valence-corrected chi connectivity index (χ4v) is 6.31. The van der Waals surface area contributed by atoms with Gasteiger partial charge in [0.05, 0.1) is 16.7 Å². The highest BCUT2D eigenvalue weighted by atomic mass is 16.1. The van der Waals surface area contributed by atoms with Gasteiger partial charge in [0.15, 0.2) is 5.65 Å². The number of Topliss-reactive ketones (excluding diaryl/α,β-unsaturated/α-hetero) is 1. The van der Waals surface area contributed by atoms with Gasteiger partial charge in [0.1, 0.15) is 17.9 Å². The van der Waals surface area contributed by atoms with Crippen molar-refractivity contribution in [3.8, 4) is 11.3 Å². The second kappa shape index (κ2) is 8.69. The van der Waals surface area contributed by atoms with Crippen molar-refractivity contribution >= 4 is 28.3 Å². The first-order valence-corrected chi connectivity index (χ1v) is 13.1. The lowest BCUT2D eigenvalue weighted by molar-refractivity contribution is -0.117. The summed E-state index contributed by atoms with van der Waals surface area (Å²) < 4.78 is 1.87. The Morgan fingerprint density at radius 1 is 1.14 bits per heavy atom.